The van der Waals surface area contributed by atoms with Gasteiger partial charge in [0.2, 0.25) is 0 Å². The summed E-state index contributed by atoms with van der Waals surface area (Å²) in [6, 6.07) is 14.7. The van der Waals surface area contributed by atoms with Crippen molar-refractivity contribution in [2.75, 3.05) is 5.73 Å². The molecule has 0 saturated carbocycles. The van der Waals surface area contributed by atoms with E-state index in [0.29, 0.717) is 16.3 Å². The lowest BCUT2D eigenvalue weighted by molar-refractivity contribution is -0.384. The average molecular weight is 389 g/mol. The lowest BCUT2D eigenvalue weighted by Gasteiger charge is -2.15. The van der Waals surface area contributed by atoms with Crippen LogP contribution in [0, 0.1) is 10.1 Å². The van der Waals surface area contributed by atoms with Gasteiger partial charge in [-0.3, -0.25) is 24.7 Å². The van der Waals surface area contributed by atoms with E-state index in [2.05, 4.69) is 10.1 Å². The maximum atomic E-state index is 12.9. The van der Waals surface area contributed by atoms with Gasteiger partial charge in [-0.05, 0) is 36.4 Å². The van der Waals surface area contributed by atoms with Crippen LogP contribution in [0.25, 0.3) is 0 Å². The van der Waals surface area contributed by atoms with Crippen molar-refractivity contribution in [1.29, 1.82) is 0 Å². The van der Waals surface area contributed by atoms with Crippen LogP contribution < -0.4 is 5.73 Å². The zero-order valence-corrected chi connectivity index (χ0v) is 15.0. The molecule has 9 nitrogen and oxygen atoms in total. The molecule has 0 saturated heterocycles. The van der Waals surface area contributed by atoms with Gasteiger partial charge in [0.1, 0.15) is 0 Å². The van der Waals surface area contributed by atoms with E-state index in [-0.39, 0.29) is 16.8 Å². The first-order chi connectivity index (χ1) is 14.0. The minimum atomic E-state index is -0.693. The van der Waals surface area contributed by atoms with Crippen LogP contribution in [0.3, 0.4) is 0 Å². The number of carbonyl (C=O) groups excluding carboxylic acids is 2. The van der Waals surface area contributed by atoms with E-state index < -0.39 is 16.7 Å². The molecule has 0 bridgehead atoms. The summed E-state index contributed by atoms with van der Waals surface area (Å²) in [5.74, 6) is -1.37. The largest absolute Gasteiger partial charge is 0.399 e. The van der Waals surface area contributed by atoms with Gasteiger partial charge < -0.3 is 5.73 Å². The van der Waals surface area contributed by atoms with Crippen molar-refractivity contribution in [1.82, 2.24) is 9.99 Å². The van der Waals surface area contributed by atoms with Crippen molar-refractivity contribution in [2.24, 2.45) is 5.10 Å². The summed E-state index contributed by atoms with van der Waals surface area (Å²) < 4.78 is 0. The van der Waals surface area contributed by atoms with Crippen LogP contribution in [0.1, 0.15) is 26.3 Å². The minimum Gasteiger partial charge on any atom is -0.399 e. The zero-order valence-electron chi connectivity index (χ0n) is 15.0. The fourth-order valence-electron chi connectivity index (χ4n) is 2.40. The number of hydrogen-bond donors (Lipinski definition) is 1. The fourth-order valence-corrected chi connectivity index (χ4v) is 2.40. The van der Waals surface area contributed by atoms with Crippen LogP contribution in [0.4, 0.5) is 11.4 Å². The molecular formula is C20H15N5O4. The molecular weight excluding hydrogens is 374 g/mol. The highest BCUT2D eigenvalue weighted by atomic mass is 16.6. The molecule has 3 rings (SSSR count). The monoisotopic (exact) mass is 389 g/mol. The normalized spacial score (nSPS) is 10.6. The van der Waals surface area contributed by atoms with Gasteiger partial charge in [0.25, 0.3) is 17.5 Å². The van der Waals surface area contributed by atoms with Gasteiger partial charge in [-0.15, -0.1) is 0 Å². The van der Waals surface area contributed by atoms with Crippen molar-refractivity contribution in [3.63, 3.8) is 0 Å². The Morgan fingerprint density at radius 2 is 1.76 bits per heavy atom. The number of non-ortho nitro benzene ring substituents is 1. The summed E-state index contributed by atoms with van der Waals surface area (Å²) in [5, 5.41) is 15.6. The second-order valence-corrected chi connectivity index (χ2v) is 5.88. The molecule has 0 spiro atoms. The van der Waals surface area contributed by atoms with Gasteiger partial charge in [-0.2, -0.15) is 10.1 Å². The Balaban J connectivity index is 1.97. The SMILES string of the molecule is Nc1ccc(C(=O)N(/N=C/c2cccc([N+](=O)[O-])c2)C(=O)c2cccnc2)cc1. The summed E-state index contributed by atoms with van der Waals surface area (Å²) in [7, 11) is 0. The van der Waals surface area contributed by atoms with Gasteiger partial charge in [-0.1, -0.05) is 12.1 Å². The molecule has 1 heterocycles. The molecule has 0 radical (unpaired) electrons. The molecule has 2 amide bonds. The number of nitrogens with two attached hydrogens (primary N) is 1. The third kappa shape index (κ3) is 4.66. The number of hydrazone groups is 1. The number of rotatable bonds is 5. The first kappa shape index (κ1) is 19.4. The zero-order chi connectivity index (χ0) is 20.8. The second kappa shape index (κ2) is 8.53. The number of nitrogen functional groups attached to an aromatic ring is 1. The highest BCUT2D eigenvalue weighted by Gasteiger charge is 2.24. The number of carbonyl (C=O) groups is 2. The van der Waals surface area contributed by atoms with Gasteiger partial charge in [0, 0.05) is 41.3 Å². The molecule has 0 aliphatic rings. The van der Waals surface area contributed by atoms with Crippen LogP contribution >= 0.6 is 0 Å². The van der Waals surface area contributed by atoms with Gasteiger partial charge in [-0.25, -0.2) is 0 Å². The first-order valence-corrected chi connectivity index (χ1v) is 8.38. The van der Waals surface area contributed by atoms with Crippen LogP contribution in [-0.4, -0.2) is 32.9 Å². The number of nitro groups is 1. The number of imide groups is 1. The maximum absolute atomic E-state index is 12.9. The molecule has 0 unspecified atom stereocenters. The minimum absolute atomic E-state index is 0.135. The molecule has 9 heteroatoms. The lowest BCUT2D eigenvalue weighted by atomic mass is 10.2. The Morgan fingerprint density at radius 1 is 1.03 bits per heavy atom. The molecule has 1 aromatic heterocycles. The predicted molar refractivity (Wildman–Crippen MR) is 106 cm³/mol. The van der Waals surface area contributed by atoms with E-state index in [1.54, 1.807) is 12.1 Å². The molecule has 3 aromatic rings. The first-order valence-electron chi connectivity index (χ1n) is 8.38. The van der Waals surface area contributed by atoms with E-state index in [0.717, 1.165) is 0 Å². The van der Waals surface area contributed by atoms with Crippen LogP contribution in [0.2, 0.25) is 0 Å². The molecule has 0 aliphatic heterocycles. The van der Waals surface area contributed by atoms with Gasteiger partial charge >= 0.3 is 0 Å². The van der Waals surface area contributed by atoms with Crippen molar-refractivity contribution in [2.45, 2.75) is 0 Å². The number of nitrogens with zero attached hydrogens (tertiary/aromatic N) is 4. The maximum Gasteiger partial charge on any atom is 0.283 e. The Hall–Kier alpha value is -4.40. The molecule has 0 fully saturated rings. The smallest absolute Gasteiger partial charge is 0.283 e. The van der Waals surface area contributed by atoms with E-state index in [4.69, 9.17) is 5.73 Å². The number of anilines is 1. The van der Waals surface area contributed by atoms with Crippen molar-refractivity contribution < 1.29 is 14.5 Å². The number of aromatic nitrogens is 1. The summed E-state index contributed by atoms with van der Waals surface area (Å²) in [6.07, 6.45) is 4.01. The molecule has 144 valence electrons. The Bertz CT molecular complexity index is 1080. The van der Waals surface area contributed by atoms with Gasteiger partial charge in [0.15, 0.2) is 0 Å². The van der Waals surface area contributed by atoms with E-state index in [1.807, 2.05) is 0 Å². The van der Waals surface area contributed by atoms with Crippen LogP contribution in [0.5, 0.6) is 0 Å². The summed E-state index contributed by atoms with van der Waals surface area (Å²) >= 11 is 0. The van der Waals surface area contributed by atoms with Crippen molar-refractivity contribution in [3.05, 3.63) is 99.9 Å². The Kier molecular flexibility index (Phi) is 5.69. The van der Waals surface area contributed by atoms with Crippen molar-refractivity contribution >= 4 is 29.4 Å². The highest BCUT2D eigenvalue weighted by Crippen LogP contribution is 2.14. The number of pyridine rings is 1. The standard InChI is InChI=1S/C20H15N5O4/c21-17-8-6-15(7-9-17)19(26)24(20(27)16-4-2-10-22-13-16)23-12-14-3-1-5-18(11-14)25(28)29/h1-13H,21H2/b23-12+. The summed E-state index contributed by atoms with van der Waals surface area (Å²) in [5.41, 5.74) is 6.69. The third-order valence-corrected chi connectivity index (χ3v) is 3.85. The van der Waals surface area contributed by atoms with E-state index in [9.17, 15) is 19.7 Å². The second-order valence-electron chi connectivity index (χ2n) is 5.88. The molecule has 0 aliphatic carbocycles. The van der Waals surface area contributed by atoms with E-state index >= 15 is 0 Å². The van der Waals surface area contributed by atoms with Gasteiger partial charge in [0.05, 0.1) is 16.7 Å². The Morgan fingerprint density at radius 3 is 2.41 bits per heavy atom. The topological polar surface area (TPSA) is 132 Å². The third-order valence-electron chi connectivity index (χ3n) is 3.85. The van der Waals surface area contributed by atoms with Crippen molar-refractivity contribution in [3.8, 4) is 0 Å². The summed E-state index contributed by atoms with van der Waals surface area (Å²) in [6.45, 7) is 0. The van der Waals surface area contributed by atoms with Crippen LogP contribution in [0.15, 0.2) is 78.2 Å². The highest BCUT2D eigenvalue weighted by molar-refractivity contribution is 6.10. The number of hydrogen-bond acceptors (Lipinski definition) is 7. The quantitative estimate of drug-likeness (QED) is 0.235. The molecule has 2 aromatic carbocycles. The lowest BCUT2D eigenvalue weighted by Crippen LogP contribution is -2.32. The van der Waals surface area contributed by atoms with E-state index in [1.165, 1.54) is 67.1 Å². The number of amides is 2. The number of benzene rings is 2. The fraction of sp³-hybridized carbons (Fsp3) is 0. The molecule has 29 heavy (non-hydrogen) atoms. The average Bonchev–Trinajstić information content (AvgIpc) is 2.75. The Labute approximate surface area is 165 Å². The molecule has 2 N–H and O–H groups in total. The number of nitro benzene ring substituents is 1. The van der Waals surface area contributed by atoms with Crippen LogP contribution in [-0.2, 0) is 0 Å². The predicted octanol–water partition coefficient (Wildman–Crippen LogP) is 2.89. The summed E-state index contributed by atoms with van der Waals surface area (Å²) in [4.78, 5) is 40.0. The molecule has 0 atom stereocenters.